The first-order chi connectivity index (χ1) is 7.65. The van der Waals surface area contributed by atoms with Crippen LogP contribution < -0.4 is 5.32 Å². The molecule has 1 aliphatic rings. The van der Waals surface area contributed by atoms with Gasteiger partial charge in [0.15, 0.2) is 0 Å². The lowest BCUT2D eigenvalue weighted by atomic mass is 9.96. The van der Waals surface area contributed by atoms with E-state index < -0.39 is 5.97 Å². The number of anilines is 1. The zero-order chi connectivity index (χ0) is 11.7. The molecule has 0 atom stereocenters. The molecule has 1 aliphatic carbocycles. The van der Waals surface area contributed by atoms with Crippen LogP contribution in [0.4, 0.5) is 5.00 Å². The number of hydrogen-bond acceptors (Lipinski definition) is 3. The summed E-state index contributed by atoms with van der Waals surface area (Å²) in [6, 6.07) is 0. The van der Waals surface area contributed by atoms with Crippen LogP contribution in [0.2, 0.25) is 4.34 Å². The predicted molar refractivity (Wildman–Crippen MR) is 67.0 cm³/mol. The summed E-state index contributed by atoms with van der Waals surface area (Å²) in [5.74, 6) is -0.550. The van der Waals surface area contributed by atoms with Gasteiger partial charge in [-0.15, -0.1) is 11.3 Å². The van der Waals surface area contributed by atoms with E-state index in [1.165, 1.54) is 24.2 Å². The zero-order valence-electron chi connectivity index (χ0n) is 9.05. The Labute approximate surface area is 103 Å². The molecule has 1 heterocycles. The van der Waals surface area contributed by atoms with Crippen molar-refractivity contribution in [2.75, 3.05) is 12.4 Å². The van der Waals surface area contributed by atoms with Crippen molar-refractivity contribution < 1.29 is 9.90 Å². The van der Waals surface area contributed by atoms with Crippen molar-refractivity contribution in [3.8, 4) is 0 Å². The molecule has 3 nitrogen and oxygen atoms in total. The van der Waals surface area contributed by atoms with Crippen LogP contribution in [0.3, 0.4) is 0 Å². The van der Waals surface area contributed by atoms with Gasteiger partial charge in [-0.3, -0.25) is 0 Å². The van der Waals surface area contributed by atoms with E-state index in [1.807, 2.05) is 0 Å². The smallest absolute Gasteiger partial charge is 0.339 e. The first kappa shape index (κ1) is 11.7. The summed E-state index contributed by atoms with van der Waals surface area (Å²) in [6.07, 6.45) is 4.45. The van der Waals surface area contributed by atoms with E-state index in [0.29, 0.717) is 20.8 Å². The number of carbonyl (C=O) groups is 1. The van der Waals surface area contributed by atoms with Crippen molar-refractivity contribution in [3.05, 3.63) is 15.5 Å². The molecule has 1 fully saturated rings. The number of halogens is 1. The standard InChI is InChI=1S/C11H14ClNO2S/c1-13-10-8(11(14)15)7(9(12)16-10)6-4-2-3-5-6/h6,13H,2-5H2,1H3,(H,14,15). The Kier molecular flexibility index (Phi) is 3.40. The average Bonchev–Trinajstić information content (AvgIpc) is 2.83. The molecule has 2 rings (SSSR count). The lowest BCUT2D eigenvalue weighted by Gasteiger charge is -2.10. The fourth-order valence-electron chi connectivity index (χ4n) is 2.38. The molecule has 0 amide bonds. The van der Waals surface area contributed by atoms with Gasteiger partial charge in [0.2, 0.25) is 0 Å². The molecule has 1 aromatic heterocycles. The topological polar surface area (TPSA) is 49.3 Å². The molecule has 0 aromatic carbocycles. The normalized spacial score (nSPS) is 16.6. The lowest BCUT2D eigenvalue weighted by Crippen LogP contribution is -2.05. The maximum atomic E-state index is 11.3. The van der Waals surface area contributed by atoms with Gasteiger partial charge in [-0.25, -0.2) is 4.79 Å². The monoisotopic (exact) mass is 259 g/mol. The molecular formula is C11H14ClNO2S. The summed E-state index contributed by atoms with van der Waals surface area (Å²) in [5, 5.41) is 12.8. The Morgan fingerprint density at radius 2 is 2.12 bits per heavy atom. The first-order valence-electron chi connectivity index (χ1n) is 5.38. The van der Waals surface area contributed by atoms with Gasteiger partial charge in [0.05, 0.1) is 9.90 Å². The van der Waals surface area contributed by atoms with Crippen molar-refractivity contribution in [3.63, 3.8) is 0 Å². The summed E-state index contributed by atoms with van der Waals surface area (Å²) >= 11 is 7.50. The van der Waals surface area contributed by atoms with Gasteiger partial charge in [-0.2, -0.15) is 0 Å². The fourth-order valence-corrected chi connectivity index (χ4v) is 3.82. The van der Waals surface area contributed by atoms with Crippen molar-refractivity contribution in [2.24, 2.45) is 0 Å². The van der Waals surface area contributed by atoms with Crippen LogP contribution in [0.5, 0.6) is 0 Å². The van der Waals surface area contributed by atoms with Crippen molar-refractivity contribution in [1.82, 2.24) is 0 Å². The molecule has 0 radical (unpaired) electrons. The number of carboxylic acids is 1. The zero-order valence-corrected chi connectivity index (χ0v) is 10.6. The van der Waals surface area contributed by atoms with E-state index in [0.717, 1.165) is 18.4 Å². The van der Waals surface area contributed by atoms with Crippen LogP contribution in [0.15, 0.2) is 0 Å². The summed E-state index contributed by atoms with van der Waals surface area (Å²) in [5.41, 5.74) is 1.23. The highest BCUT2D eigenvalue weighted by molar-refractivity contribution is 7.20. The lowest BCUT2D eigenvalue weighted by molar-refractivity contribution is 0.0697. The van der Waals surface area contributed by atoms with Crippen molar-refractivity contribution >= 4 is 33.9 Å². The highest BCUT2D eigenvalue weighted by atomic mass is 35.5. The molecule has 0 unspecified atom stereocenters. The molecule has 2 N–H and O–H groups in total. The molecule has 0 spiro atoms. The highest BCUT2D eigenvalue weighted by Gasteiger charge is 2.29. The Balaban J connectivity index is 2.48. The van der Waals surface area contributed by atoms with Crippen molar-refractivity contribution in [2.45, 2.75) is 31.6 Å². The van der Waals surface area contributed by atoms with Gasteiger partial charge in [0, 0.05) is 12.6 Å². The molecule has 0 aliphatic heterocycles. The minimum absolute atomic E-state index is 0.331. The second-order valence-corrected chi connectivity index (χ2v) is 5.65. The SMILES string of the molecule is CNc1sc(Cl)c(C2CCCC2)c1C(=O)O. The van der Waals surface area contributed by atoms with E-state index in [2.05, 4.69) is 5.32 Å². The number of carboxylic acid groups (broad SMARTS) is 1. The summed E-state index contributed by atoms with van der Waals surface area (Å²) < 4.78 is 0.633. The third-order valence-corrected chi connectivity index (χ3v) is 4.55. The fraction of sp³-hybridized carbons (Fsp3) is 0.545. The number of nitrogens with one attached hydrogen (secondary N) is 1. The van der Waals surface area contributed by atoms with Crippen LogP contribution >= 0.6 is 22.9 Å². The molecule has 5 heteroatoms. The summed E-state index contributed by atoms with van der Waals surface area (Å²) in [6.45, 7) is 0. The van der Waals surface area contributed by atoms with Gasteiger partial charge < -0.3 is 10.4 Å². The average molecular weight is 260 g/mol. The van der Waals surface area contributed by atoms with Crippen molar-refractivity contribution in [1.29, 1.82) is 0 Å². The van der Waals surface area contributed by atoms with Crippen LogP contribution in [-0.2, 0) is 0 Å². The highest BCUT2D eigenvalue weighted by Crippen LogP contribution is 2.46. The quantitative estimate of drug-likeness (QED) is 0.868. The van der Waals surface area contributed by atoms with Crippen LogP contribution in [0.1, 0.15) is 47.5 Å². The van der Waals surface area contributed by atoms with Gasteiger partial charge in [-0.05, 0) is 18.8 Å². The summed E-state index contributed by atoms with van der Waals surface area (Å²) in [7, 11) is 1.73. The Morgan fingerprint density at radius 3 is 2.62 bits per heavy atom. The second kappa shape index (κ2) is 4.63. The molecule has 16 heavy (non-hydrogen) atoms. The van der Waals surface area contributed by atoms with E-state index in [1.54, 1.807) is 7.05 Å². The number of thiophene rings is 1. The van der Waals surface area contributed by atoms with E-state index in [-0.39, 0.29) is 0 Å². The molecule has 0 saturated heterocycles. The molecule has 88 valence electrons. The Morgan fingerprint density at radius 1 is 1.50 bits per heavy atom. The van der Waals surface area contributed by atoms with E-state index in [9.17, 15) is 9.90 Å². The minimum Gasteiger partial charge on any atom is -0.478 e. The molecule has 1 aromatic rings. The van der Waals surface area contributed by atoms with Gasteiger partial charge in [0.25, 0.3) is 0 Å². The summed E-state index contributed by atoms with van der Waals surface area (Å²) in [4.78, 5) is 11.3. The number of hydrogen-bond donors (Lipinski definition) is 2. The maximum Gasteiger partial charge on any atom is 0.339 e. The predicted octanol–water partition coefficient (Wildman–Crippen LogP) is 3.80. The maximum absolute atomic E-state index is 11.3. The van der Waals surface area contributed by atoms with E-state index >= 15 is 0 Å². The van der Waals surface area contributed by atoms with Crippen LogP contribution in [0.25, 0.3) is 0 Å². The van der Waals surface area contributed by atoms with E-state index in [4.69, 9.17) is 11.6 Å². The number of rotatable bonds is 3. The Bertz CT molecular complexity index is 410. The minimum atomic E-state index is -0.880. The van der Waals surface area contributed by atoms with Gasteiger partial charge in [0.1, 0.15) is 5.00 Å². The van der Waals surface area contributed by atoms with Crippen LogP contribution in [-0.4, -0.2) is 18.1 Å². The largest absolute Gasteiger partial charge is 0.478 e. The third kappa shape index (κ3) is 1.92. The third-order valence-electron chi connectivity index (χ3n) is 3.10. The molecule has 0 bridgehead atoms. The first-order valence-corrected chi connectivity index (χ1v) is 6.57. The second-order valence-electron chi connectivity index (χ2n) is 4.03. The van der Waals surface area contributed by atoms with Gasteiger partial charge in [-0.1, -0.05) is 24.4 Å². The molecule has 1 saturated carbocycles. The molecular weight excluding hydrogens is 246 g/mol. The number of aromatic carboxylic acids is 1. The van der Waals surface area contributed by atoms with Crippen LogP contribution in [0, 0.1) is 0 Å². The Hall–Kier alpha value is -0.740. The van der Waals surface area contributed by atoms with Gasteiger partial charge >= 0.3 is 5.97 Å².